The van der Waals surface area contributed by atoms with Gasteiger partial charge in [0.2, 0.25) is 0 Å². The lowest BCUT2D eigenvalue weighted by atomic mass is 10.0. The predicted molar refractivity (Wildman–Crippen MR) is 91.3 cm³/mol. The zero-order valence-electron chi connectivity index (χ0n) is 13.8. The van der Waals surface area contributed by atoms with E-state index in [2.05, 4.69) is 27.3 Å². The van der Waals surface area contributed by atoms with E-state index in [1.807, 2.05) is 18.2 Å². The molecule has 24 heavy (non-hydrogen) atoms. The molecule has 0 spiro atoms. The molecule has 1 aliphatic rings. The number of H-pyrrole nitrogens is 1. The fourth-order valence-corrected chi connectivity index (χ4v) is 2.93. The highest BCUT2D eigenvalue weighted by atomic mass is 16.5. The third-order valence-electron chi connectivity index (χ3n) is 4.29. The van der Waals surface area contributed by atoms with Crippen LogP contribution in [0.2, 0.25) is 0 Å². The monoisotopic (exact) mass is 329 g/mol. The van der Waals surface area contributed by atoms with Gasteiger partial charge in [-0.1, -0.05) is 12.1 Å². The molecule has 6 nitrogen and oxygen atoms in total. The van der Waals surface area contributed by atoms with Crippen LogP contribution in [0.1, 0.15) is 22.1 Å². The number of hydrogen-bond donors (Lipinski definition) is 2. The number of methoxy groups -OCH3 is 1. The highest BCUT2D eigenvalue weighted by Crippen LogP contribution is 2.23. The van der Waals surface area contributed by atoms with E-state index in [1.54, 1.807) is 19.4 Å². The van der Waals surface area contributed by atoms with E-state index in [0.29, 0.717) is 12.2 Å². The van der Waals surface area contributed by atoms with Gasteiger partial charge in [0.15, 0.2) is 0 Å². The molecule has 1 atom stereocenters. The van der Waals surface area contributed by atoms with Crippen LogP contribution in [0.3, 0.4) is 0 Å². The first-order valence-corrected chi connectivity index (χ1v) is 8.15. The Morgan fingerprint density at radius 1 is 1.29 bits per heavy atom. The van der Waals surface area contributed by atoms with Gasteiger partial charge in [-0.15, -0.1) is 0 Å². The van der Waals surface area contributed by atoms with Gasteiger partial charge in [-0.2, -0.15) is 0 Å². The van der Waals surface area contributed by atoms with Crippen molar-refractivity contribution in [3.05, 3.63) is 53.9 Å². The van der Waals surface area contributed by atoms with Crippen molar-refractivity contribution in [3.63, 3.8) is 0 Å². The average Bonchev–Trinajstić information content (AvgIpc) is 3.18. The summed E-state index contributed by atoms with van der Waals surface area (Å²) in [6.45, 7) is 3.70. The predicted octanol–water partition coefficient (Wildman–Crippen LogP) is 1.83. The van der Waals surface area contributed by atoms with Crippen LogP contribution in [0.15, 0.2) is 42.6 Å². The smallest absolute Gasteiger partial charge is 0.267 e. The lowest BCUT2D eigenvalue weighted by Crippen LogP contribution is -2.43. The Morgan fingerprint density at radius 3 is 2.67 bits per heavy atom. The maximum Gasteiger partial charge on any atom is 0.267 e. The fourth-order valence-electron chi connectivity index (χ4n) is 2.93. The highest BCUT2D eigenvalue weighted by Gasteiger charge is 2.23. The van der Waals surface area contributed by atoms with Gasteiger partial charge in [0.05, 0.1) is 26.4 Å². The average molecular weight is 329 g/mol. The molecule has 0 radical (unpaired) electrons. The Morgan fingerprint density at radius 2 is 2.04 bits per heavy atom. The molecule has 6 heteroatoms. The largest absolute Gasteiger partial charge is 0.497 e. The zero-order chi connectivity index (χ0) is 16.8. The molecule has 2 heterocycles. The molecule has 0 aliphatic carbocycles. The van der Waals surface area contributed by atoms with E-state index >= 15 is 0 Å². The first kappa shape index (κ1) is 16.5. The Balaban J connectivity index is 1.72. The molecular weight excluding hydrogens is 306 g/mol. The standard InChI is InChI=1S/C18H23N3O3/c1-23-15-6-4-14(5-7-15)17(21-9-11-24-12-10-21)13-20-18(22)16-3-2-8-19-16/h2-8,17,19H,9-13H2,1H3,(H,20,22)/t17-/m1/s1. The second-order valence-corrected chi connectivity index (χ2v) is 5.73. The first-order valence-electron chi connectivity index (χ1n) is 8.15. The van der Waals surface area contributed by atoms with Crippen LogP contribution in [0.4, 0.5) is 0 Å². The van der Waals surface area contributed by atoms with E-state index in [9.17, 15) is 4.79 Å². The van der Waals surface area contributed by atoms with Gasteiger partial charge in [-0.05, 0) is 29.8 Å². The number of aromatic nitrogens is 1. The second-order valence-electron chi connectivity index (χ2n) is 5.73. The van der Waals surface area contributed by atoms with Gasteiger partial charge in [0.1, 0.15) is 11.4 Å². The minimum absolute atomic E-state index is 0.0910. The first-order chi connectivity index (χ1) is 11.8. The third-order valence-corrected chi connectivity index (χ3v) is 4.29. The number of ether oxygens (including phenoxy) is 2. The molecule has 1 amide bonds. The van der Waals surface area contributed by atoms with Crippen molar-refractivity contribution in [2.75, 3.05) is 40.0 Å². The molecule has 2 N–H and O–H groups in total. The fraction of sp³-hybridized carbons (Fsp3) is 0.389. The summed E-state index contributed by atoms with van der Waals surface area (Å²) in [5, 5.41) is 3.03. The number of benzene rings is 1. The minimum atomic E-state index is -0.0910. The van der Waals surface area contributed by atoms with Crippen LogP contribution >= 0.6 is 0 Å². The van der Waals surface area contributed by atoms with Crippen molar-refractivity contribution < 1.29 is 14.3 Å². The second kappa shape index (κ2) is 7.99. The van der Waals surface area contributed by atoms with E-state index in [4.69, 9.17) is 9.47 Å². The van der Waals surface area contributed by atoms with Crippen molar-refractivity contribution in [1.29, 1.82) is 0 Å². The molecule has 1 aromatic carbocycles. The van der Waals surface area contributed by atoms with Crippen molar-refractivity contribution in [2.24, 2.45) is 0 Å². The minimum Gasteiger partial charge on any atom is -0.497 e. The Bertz CT molecular complexity index is 634. The molecule has 0 unspecified atom stereocenters. The number of carbonyl (C=O) groups is 1. The van der Waals surface area contributed by atoms with Gasteiger partial charge < -0.3 is 19.8 Å². The number of hydrogen-bond acceptors (Lipinski definition) is 4. The SMILES string of the molecule is COc1ccc([C@@H](CNC(=O)c2ccc[nH]2)N2CCOCC2)cc1. The summed E-state index contributed by atoms with van der Waals surface area (Å²) in [5.74, 6) is 0.738. The molecule has 1 aliphatic heterocycles. The summed E-state index contributed by atoms with van der Waals surface area (Å²) < 4.78 is 10.7. The zero-order valence-corrected chi connectivity index (χ0v) is 13.8. The normalized spacial score (nSPS) is 16.5. The maximum absolute atomic E-state index is 12.2. The van der Waals surface area contributed by atoms with Crippen molar-refractivity contribution >= 4 is 5.91 Å². The summed E-state index contributed by atoms with van der Waals surface area (Å²) >= 11 is 0. The lowest BCUT2D eigenvalue weighted by molar-refractivity contribution is 0.0162. The van der Waals surface area contributed by atoms with Crippen LogP contribution in [0.25, 0.3) is 0 Å². The Kier molecular flexibility index (Phi) is 5.51. The van der Waals surface area contributed by atoms with Gasteiger partial charge in [0, 0.05) is 25.8 Å². The van der Waals surface area contributed by atoms with E-state index in [0.717, 1.165) is 37.6 Å². The summed E-state index contributed by atoms with van der Waals surface area (Å²) in [6.07, 6.45) is 1.75. The molecule has 1 fully saturated rings. The molecule has 3 rings (SSSR count). The quantitative estimate of drug-likeness (QED) is 0.848. The van der Waals surface area contributed by atoms with Crippen LogP contribution in [0, 0.1) is 0 Å². The van der Waals surface area contributed by atoms with Gasteiger partial charge >= 0.3 is 0 Å². The van der Waals surface area contributed by atoms with Crippen LogP contribution < -0.4 is 10.1 Å². The number of aromatic amines is 1. The number of carbonyl (C=O) groups excluding carboxylic acids is 1. The maximum atomic E-state index is 12.2. The summed E-state index contributed by atoms with van der Waals surface area (Å²) in [6, 6.07) is 11.7. The molecule has 1 aromatic heterocycles. The number of nitrogens with zero attached hydrogens (tertiary/aromatic N) is 1. The molecule has 0 bridgehead atoms. The molecule has 128 valence electrons. The summed E-state index contributed by atoms with van der Waals surface area (Å²) in [7, 11) is 1.66. The van der Waals surface area contributed by atoms with E-state index < -0.39 is 0 Å². The van der Waals surface area contributed by atoms with Crippen molar-refractivity contribution in [1.82, 2.24) is 15.2 Å². The lowest BCUT2D eigenvalue weighted by Gasteiger charge is -2.35. The van der Waals surface area contributed by atoms with Crippen LogP contribution in [0.5, 0.6) is 5.75 Å². The number of nitrogens with one attached hydrogen (secondary N) is 2. The molecule has 2 aromatic rings. The van der Waals surface area contributed by atoms with Gasteiger partial charge in [-0.3, -0.25) is 9.69 Å². The Hall–Kier alpha value is -2.31. The van der Waals surface area contributed by atoms with Crippen LogP contribution in [-0.4, -0.2) is 55.7 Å². The Labute approximate surface area is 141 Å². The topological polar surface area (TPSA) is 66.6 Å². The third kappa shape index (κ3) is 3.96. The van der Waals surface area contributed by atoms with Crippen molar-refractivity contribution in [3.8, 4) is 5.75 Å². The summed E-state index contributed by atoms with van der Waals surface area (Å²) in [5.41, 5.74) is 1.73. The van der Waals surface area contributed by atoms with E-state index in [1.165, 1.54) is 0 Å². The van der Waals surface area contributed by atoms with Crippen molar-refractivity contribution in [2.45, 2.75) is 6.04 Å². The molecular formula is C18H23N3O3. The van der Waals surface area contributed by atoms with Gasteiger partial charge in [-0.25, -0.2) is 0 Å². The van der Waals surface area contributed by atoms with E-state index in [-0.39, 0.29) is 11.9 Å². The summed E-state index contributed by atoms with van der Waals surface area (Å²) in [4.78, 5) is 17.5. The number of morpholine rings is 1. The molecule has 1 saturated heterocycles. The molecule has 0 saturated carbocycles. The van der Waals surface area contributed by atoms with Gasteiger partial charge in [0.25, 0.3) is 5.91 Å². The number of amides is 1. The highest BCUT2D eigenvalue weighted by molar-refractivity contribution is 5.92. The van der Waals surface area contributed by atoms with Crippen LogP contribution in [-0.2, 0) is 4.74 Å². The number of rotatable bonds is 6.